The van der Waals surface area contributed by atoms with Crippen molar-refractivity contribution in [3.05, 3.63) is 16.6 Å². The Morgan fingerprint density at radius 1 is 1.30 bits per heavy atom. The van der Waals surface area contributed by atoms with Crippen LogP contribution in [-0.4, -0.2) is 40.4 Å². The molecule has 0 bridgehead atoms. The van der Waals surface area contributed by atoms with E-state index < -0.39 is 16.1 Å². The topological polar surface area (TPSA) is 84.9 Å². The molecule has 2 N–H and O–H groups in total. The Kier molecular flexibility index (Phi) is 6.25. The molecule has 0 fully saturated rings. The molecule has 0 radical (unpaired) electrons. The number of ether oxygens (including phenoxy) is 2. The van der Waals surface area contributed by atoms with Crippen LogP contribution < -0.4 is 14.2 Å². The number of aliphatic hydroxyl groups is 1. The minimum Gasteiger partial charge on any atom is -0.493 e. The second kappa shape index (κ2) is 7.26. The van der Waals surface area contributed by atoms with E-state index in [0.717, 1.165) is 0 Å². The van der Waals surface area contributed by atoms with Gasteiger partial charge in [-0.1, -0.05) is 6.92 Å². The molecule has 0 aromatic heterocycles. The first-order valence-corrected chi connectivity index (χ1v) is 8.22. The van der Waals surface area contributed by atoms with E-state index in [1.165, 1.54) is 26.4 Å². The largest absolute Gasteiger partial charge is 0.493 e. The van der Waals surface area contributed by atoms with Crippen molar-refractivity contribution in [2.75, 3.05) is 20.8 Å². The summed E-state index contributed by atoms with van der Waals surface area (Å²) in [7, 11) is -0.853. The number of halogens is 1. The molecule has 0 amide bonds. The molecule has 1 rings (SSSR count). The third-order valence-corrected chi connectivity index (χ3v) is 5.09. The van der Waals surface area contributed by atoms with Crippen LogP contribution in [-0.2, 0) is 10.0 Å². The highest BCUT2D eigenvalue weighted by Gasteiger charge is 2.21. The lowest BCUT2D eigenvalue weighted by atomic mass is 10.3. The zero-order chi connectivity index (χ0) is 15.3. The third-order valence-electron chi connectivity index (χ3n) is 2.71. The predicted octanol–water partition coefficient (Wildman–Crippen LogP) is 1.52. The molecule has 0 aliphatic heterocycles. The summed E-state index contributed by atoms with van der Waals surface area (Å²) in [5.74, 6) is 0.735. The van der Waals surface area contributed by atoms with Crippen molar-refractivity contribution >= 4 is 26.0 Å². The van der Waals surface area contributed by atoms with Crippen LogP contribution in [0.4, 0.5) is 0 Å². The van der Waals surface area contributed by atoms with Crippen LogP contribution in [0.15, 0.2) is 21.5 Å². The van der Waals surface area contributed by atoms with Crippen molar-refractivity contribution in [1.29, 1.82) is 0 Å². The van der Waals surface area contributed by atoms with E-state index in [1.807, 2.05) is 0 Å². The lowest BCUT2D eigenvalue weighted by Gasteiger charge is -2.14. The molecule has 0 heterocycles. The molecular weight excluding hydrogens is 350 g/mol. The van der Waals surface area contributed by atoms with Crippen LogP contribution in [0.2, 0.25) is 0 Å². The maximum absolute atomic E-state index is 12.2. The summed E-state index contributed by atoms with van der Waals surface area (Å²) in [6.07, 6.45) is -0.251. The van der Waals surface area contributed by atoms with Gasteiger partial charge in [-0.25, -0.2) is 13.1 Å². The molecule has 1 atom stereocenters. The van der Waals surface area contributed by atoms with Crippen LogP contribution in [0.1, 0.15) is 13.3 Å². The van der Waals surface area contributed by atoms with Crippen LogP contribution in [0.3, 0.4) is 0 Å². The molecule has 1 aromatic rings. The van der Waals surface area contributed by atoms with Gasteiger partial charge >= 0.3 is 0 Å². The lowest BCUT2D eigenvalue weighted by Crippen LogP contribution is -2.32. The van der Waals surface area contributed by atoms with Gasteiger partial charge in [0.1, 0.15) is 4.90 Å². The fourth-order valence-corrected chi connectivity index (χ4v) is 3.58. The number of hydrogen-bond acceptors (Lipinski definition) is 5. The summed E-state index contributed by atoms with van der Waals surface area (Å²) in [6, 6.07) is 2.88. The van der Waals surface area contributed by atoms with Gasteiger partial charge in [-0.05, 0) is 28.4 Å². The number of rotatable bonds is 7. The number of hydrogen-bond donors (Lipinski definition) is 2. The van der Waals surface area contributed by atoms with E-state index >= 15 is 0 Å². The minimum absolute atomic E-state index is 0.0263. The Hall–Kier alpha value is -0.830. The van der Waals surface area contributed by atoms with E-state index in [-0.39, 0.29) is 11.4 Å². The van der Waals surface area contributed by atoms with Gasteiger partial charge in [-0.15, -0.1) is 0 Å². The first-order chi connectivity index (χ1) is 9.35. The average Bonchev–Trinajstić information content (AvgIpc) is 2.44. The summed E-state index contributed by atoms with van der Waals surface area (Å²) in [5, 5.41) is 9.44. The second-order valence-electron chi connectivity index (χ2n) is 4.05. The average molecular weight is 368 g/mol. The van der Waals surface area contributed by atoms with Crippen molar-refractivity contribution in [3.8, 4) is 11.5 Å². The maximum atomic E-state index is 12.2. The van der Waals surface area contributed by atoms with Gasteiger partial charge in [-0.2, -0.15) is 0 Å². The number of nitrogens with one attached hydrogen (secondary N) is 1. The molecule has 20 heavy (non-hydrogen) atoms. The summed E-state index contributed by atoms with van der Waals surface area (Å²) in [5.41, 5.74) is 0. The summed E-state index contributed by atoms with van der Waals surface area (Å²) < 4.78 is 37.3. The number of benzene rings is 1. The van der Waals surface area contributed by atoms with Crippen LogP contribution in [0.5, 0.6) is 11.5 Å². The van der Waals surface area contributed by atoms with E-state index in [4.69, 9.17) is 9.47 Å². The standard InChI is InChI=1S/C12H18BrNO5S/c1-4-8(15)7-14-20(16,17)12-6-11(19-3)10(18-2)5-9(12)13/h5-6,8,14-15H,4,7H2,1-3H3. The van der Waals surface area contributed by atoms with Gasteiger partial charge in [-0.3, -0.25) is 0 Å². The van der Waals surface area contributed by atoms with E-state index in [1.54, 1.807) is 6.92 Å². The molecule has 0 aliphatic carbocycles. The lowest BCUT2D eigenvalue weighted by molar-refractivity contribution is 0.174. The molecule has 0 saturated heterocycles. The van der Waals surface area contributed by atoms with Gasteiger partial charge in [0.05, 0.1) is 20.3 Å². The van der Waals surface area contributed by atoms with Gasteiger partial charge in [0.15, 0.2) is 11.5 Å². The van der Waals surface area contributed by atoms with E-state index in [9.17, 15) is 13.5 Å². The maximum Gasteiger partial charge on any atom is 0.241 e. The van der Waals surface area contributed by atoms with Crippen molar-refractivity contribution < 1.29 is 23.0 Å². The number of methoxy groups -OCH3 is 2. The minimum atomic E-state index is -3.75. The van der Waals surface area contributed by atoms with Gasteiger partial charge in [0.2, 0.25) is 10.0 Å². The van der Waals surface area contributed by atoms with Crippen molar-refractivity contribution in [2.24, 2.45) is 0 Å². The highest BCUT2D eigenvalue weighted by Crippen LogP contribution is 2.35. The monoisotopic (exact) mass is 367 g/mol. The molecule has 114 valence electrons. The molecule has 1 unspecified atom stereocenters. The highest BCUT2D eigenvalue weighted by molar-refractivity contribution is 9.10. The first-order valence-electron chi connectivity index (χ1n) is 5.95. The van der Waals surface area contributed by atoms with E-state index in [2.05, 4.69) is 20.7 Å². The number of sulfonamides is 1. The Morgan fingerprint density at radius 3 is 2.35 bits per heavy atom. The van der Waals surface area contributed by atoms with Crippen molar-refractivity contribution in [3.63, 3.8) is 0 Å². The quantitative estimate of drug-likeness (QED) is 0.762. The Bertz CT molecular complexity index is 561. The van der Waals surface area contributed by atoms with Gasteiger partial charge in [0.25, 0.3) is 0 Å². The molecule has 0 saturated carbocycles. The zero-order valence-corrected chi connectivity index (χ0v) is 13.9. The highest BCUT2D eigenvalue weighted by atomic mass is 79.9. The van der Waals surface area contributed by atoms with Gasteiger partial charge in [0, 0.05) is 17.1 Å². The van der Waals surface area contributed by atoms with E-state index in [0.29, 0.717) is 22.4 Å². The molecule has 1 aromatic carbocycles. The Balaban J connectivity index is 3.12. The molecule has 8 heteroatoms. The summed E-state index contributed by atoms with van der Waals surface area (Å²) >= 11 is 3.19. The van der Waals surface area contributed by atoms with Crippen LogP contribution in [0, 0.1) is 0 Å². The molecule has 0 aliphatic rings. The number of aliphatic hydroxyl groups excluding tert-OH is 1. The van der Waals surface area contributed by atoms with Crippen molar-refractivity contribution in [1.82, 2.24) is 4.72 Å². The van der Waals surface area contributed by atoms with Gasteiger partial charge < -0.3 is 14.6 Å². The predicted molar refractivity (Wildman–Crippen MR) is 78.7 cm³/mol. The SMILES string of the molecule is CCC(O)CNS(=O)(=O)c1cc(OC)c(OC)cc1Br. The van der Waals surface area contributed by atoms with Crippen molar-refractivity contribution in [2.45, 2.75) is 24.3 Å². The van der Waals surface area contributed by atoms with Crippen LogP contribution in [0.25, 0.3) is 0 Å². The fraction of sp³-hybridized carbons (Fsp3) is 0.500. The second-order valence-corrected chi connectivity index (χ2v) is 6.64. The third kappa shape index (κ3) is 4.08. The molecule has 0 spiro atoms. The summed E-state index contributed by atoms with van der Waals surface area (Å²) in [4.78, 5) is 0.0263. The normalized spacial score (nSPS) is 13.1. The smallest absolute Gasteiger partial charge is 0.241 e. The first kappa shape index (κ1) is 17.2. The Labute approximate surface area is 127 Å². The molecule has 6 nitrogen and oxygen atoms in total. The zero-order valence-electron chi connectivity index (χ0n) is 11.5. The Morgan fingerprint density at radius 2 is 1.85 bits per heavy atom. The molecular formula is C12H18BrNO5S. The fourth-order valence-electron chi connectivity index (χ4n) is 1.47. The summed E-state index contributed by atoms with van der Waals surface area (Å²) in [6.45, 7) is 1.73. The van der Waals surface area contributed by atoms with Crippen LogP contribution >= 0.6 is 15.9 Å².